The molecule has 1 heterocycles. The minimum atomic E-state index is -0.0536. The molecule has 0 bridgehead atoms. The predicted molar refractivity (Wildman–Crippen MR) is 214 cm³/mol. The molecular formula is C49H65NO4. The van der Waals surface area contributed by atoms with Crippen LogP contribution in [0.1, 0.15) is 150 Å². The van der Waals surface area contributed by atoms with Crippen LogP contribution in [0, 0.1) is 57.2 Å². The quantitative estimate of drug-likeness (QED) is 0.215. The van der Waals surface area contributed by atoms with Gasteiger partial charge < -0.3 is 9.47 Å². The van der Waals surface area contributed by atoms with E-state index in [1.54, 1.807) is 27.9 Å². The minimum absolute atomic E-state index is 0.0477. The zero-order valence-electron chi connectivity index (χ0n) is 34.1. The molecule has 8 aliphatic carbocycles. The first-order valence-corrected chi connectivity index (χ1v) is 22.1. The first-order valence-electron chi connectivity index (χ1n) is 22.1. The van der Waals surface area contributed by atoms with E-state index in [-0.39, 0.29) is 45.8 Å². The fraction of sp³-hybridized carbons (Fsp3) is 0.694. The van der Waals surface area contributed by atoms with Crippen molar-refractivity contribution in [1.29, 1.82) is 0 Å². The molecule has 54 heavy (non-hydrogen) atoms. The van der Waals surface area contributed by atoms with Gasteiger partial charge in [0.25, 0.3) is 0 Å². The van der Waals surface area contributed by atoms with Gasteiger partial charge in [-0.05, 0) is 163 Å². The van der Waals surface area contributed by atoms with Crippen LogP contribution >= 0.6 is 0 Å². The molecular weight excluding hydrogens is 667 g/mol. The second-order valence-corrected chi connectivity index (χ2v) is 20.0. The summed E-state index contributed by atoms with van der Waals surface area (Å²) in [5.74, 6) is 3.99. The maximum atomic E-state index is 12.2. The number of carbonyl (C=O) groups is 2. The van der Waals surface area contributed by atoms with Gasteiger partial charge in [-0.1, -0.05) is 77.0 Å². The summed E-state index contributed by atoms with van der Waals surface area (Å²) in [6.07, 6.45) is 29.0. The van der Waals surface area contributed by atoms with Gasteiger partial charge in [0, 0.05) is 38.1 Å². The summed E-state index contributed by atoms with van der Waals surface area (Å²) in [5, 5.41) is 0. The molecule has 290 valence electrons. The normalized spacial score (nSPS) is 43.6. The second kappa shape index (κ2) is 13.3. The van der Waals surface area contributed by atoms with Crippen molar-refractivity contribution in [3.05, 3.63) is 70.6 Å². The fourth-order valence-corrected chi connectivity index (χ4v) is 15.0. The van der Waals surface area contributed by atoms with Crippen molar-refractivity contribution in [2.45, 2.75) is 156 Å². The van der Waals surface area contributed by atoms with E-state index in [1.807, 2.05) is 20.0 Å². The van der Waals surface area contributed by atoms with Gasteiger partial charge in [0.1, 0.15) is 12.2 Å². The van der Waals surface area contributed by atoms with Crippen molar-refractivity contribution >= 4 is 17.5 Å². The number of pyridine rings is 1. The average molecular weight is 732 g/mol. The fourth-order valence-electron chi connectivity index (χ4n) is 15.0. The van der Waals surface area contributed by atoms with Crippen LogP contribution in [0.3, 0.4) is 0 Å². The molecule has 0 aliphatic heterocycles. The summed E-state index contributed by atoms with van der Waals surface area (Å²) in [6, 6.07) is 4.52. The van der Waals surface area contributed by atoms with Crippen molar-refractivity contribution < 1.29 is 19.1 Å². The van der Waals surface area contributed by atoms with Gasteiger partial charge in [-0.2, -0.15) is 0 Å². The number of ether oxygens (including phenoxy) is 2. The summed E-state index contributed by atoms with van der Waals surface area (Å²) in [5.41, 5.74) is 10.3. The summed E-state index contributed by atoms with van der Waals surface area (Å²) in [7, 11) is 0. The number of nitrogens with zero attached hydrogens (tertiary/aromatic N) is 1. The van der Waals surface area contributed by atoms with Crippen LogP contribution in [0.4, 0.5) is 0 Å². The van der Waals surface area contributed by atoms with Gasteiger partial charge in [-0.3, -0.25) is 14.6 Å². The highest BCUT2D eigenvalue weighted by Gasteiger charge is 2.62. The first kappa shape index (κ1) is 36.7. The monoisotopic (exact) mass is 731 g/mol. The van der Waals surface area contributed by atoms with Gasteiger partial charge in [-0.25, -0.2) is 0 Å². The smallest absolute Gasteiger partial charge is 0.305 e. The van der Waals surface area contributed by atoms with Gasteiger partial charge >= 0.3 is 11.9 Å². The molecule has 5 heteroatoms. The van der Waals surface area contributed by atoms with Gasteiger partial charge in [0.15, 0.2) is 0 Å². The predicted octanol–water partition coefficient (Wildman–Crippen LogP) is 11.6. The molecule has 4 saturated carbocycles. The van der Waals surface area contributed by atoms with E-state index in [0.29, 0.717) is 48.3 Å². The average Bonchev–Trinajstić information content (AvgIpc) is 3.68. The molecule has 12 atom stereocenters. The van der Waals surface area contributed by atoms with E-state index in [0.717, 1.165) is 44.9 Å². The Kier molecular flexibility index (Phi) is 9.05. The highest BCUT2D eigenvalue weighted by atomic mass is 16.5. The third-order valence-corrected chi connectivity index (χ3v) is 17.8. The molecule has 0 amide bonds. The largest absolute Gasteiger partial charge is 0.462 e. The molecule has 0 aromatic carbocycles. The second-order valence-electron chi connectivity index (χ2n) is 20.0. The van der Waals surface area contributed by atoms with E-state index < -0.39 is 0 Å². The number of rotatable bonds is 6. The maximum Gasteiger partial charge on any atom is 0.305 e. The molecule has 0 N–H and O–H groups in total. The zero-order valence-corrected chi connectivity index (χ0v) is 34.1. The number of fused-ring (bicyclic) bond motifs is 10. The zero-order chi connectivity index (χ0) is 37.6. The van der Waals surface area contributed by atoms with Crippen LogP contribution in [0.25, 0.3) is 5.57 Å². The van der Waals surface area contributed by atoms with Gasteiger partial charge in [-0.15, -0.1) is 0 Å². The summed E-state index contributed by atoms with van der Waals surface area (Å²) >= 11 is 0. The Morgan fingerprint density at radius 2 is 1.22 bits per heavy atom. The molecule has 1 aromatic rings. The molecule has 0 radical (unpaired) electrons. The molecule has 0 spiro atoms. The number of carbonyl (C=O) groups excluding carboxylic acids is 2. The summed E-state index contributed by atoms with van der Waals surface area (Å²) in [6.45, 7) is 14.2. The lowest BCUT2D eigenvalue weighted by Crippen LogP contribution is -2.50. The van der Waals surface area contributed by atoms with Crippen LogP contribution in [-0.2, 0) is 19.1 Å². The Morgan fingerprint density at radius 1 is 0.667 bits per heavy atom. The summed E-state index contributed by atoms with van der Waals surface area (Å²) in [4.78, 5) is 29.1. The van der Waals surface area contributed by atoms with Crippen molar-refractivity contribution in [2.75, 3.05) is 0 Å². The van der Waals surface area contributed by atoms with E-state index in [9.17, 15) is 9.59 Å². The molecule has 4 fully saturated rings. The van der Waals surface area contributed by atoms with Crippen LogP contribution in [-0.4, -0.2) is 29.1 Å². The third kappa shape index (κ3) is 5.46. The van der Waals surface area contributed by atoms with E-state index >= 15 is 0 Å². The van der Waals surface area contributed by atoms with Gasteiger partial charge in [0.05, 0.1) is 0 Å². The highest BCUT2D eigenvalue weighted by molar-refractivity contribution is 5.80. The molecule has 2 unspecified atom stereocenters. The Bertz CT molecular complexity index is 1820. The topological polar surface area (TPSA) is 65.5 Å². The standard InChI is InChI=1S/C49H65NO4/c1-7-43(51)53-33-17-21-46(3)31(26-33)11-13-35-38-15-16-39(48(38,5)23-19-40(35)46)37-28-42-36-14-12-32-27-34(54-44(52)8-2)18-22-47(32,4)41(36)20-24-49(42,6)45(37)30-10-9-25-50-29-30/h9-12,16,25,29,33-36,38,40-42H,7-8,13-15,17-24,26-28H2,1-6H3/t33-,34+,35-,36-,38?,40?,41+,42+,46-,47+,48-,49+/m1/s1. The van der Waals surface area contributed by atoms with Crippen molar-refractivity contribution in [2.24, 2.45) is 57.2 Å². The number of hydrogen-bond acceptors (Lipinski definition) is 5. The van der Waals surface area contributed by atoms with Crippen molar-refractivity contribution in [3.8, 4) is 0 Å². The maximum absolute atomic E-state index is 12.2. The van der Waals surface area contributed by atoms with E-state index in [2.05, 4.69) is 64.3 Å². The molecule has 9 rings (SSSR count). The van der Waals surface area contributed by atoms with Crippen molar-refractivity contribution in [3.63, 3.8) is 0 Å². The lowest BCUT2D eigenvalue weighted by molar-refractivity contribution is -0.151. The van der Waals surface area contributed by atoms with E-state index in [1.165, 1.54) is 50.5 Å². The lowest BCUT2D eigenvalue weighted by atomic mass is 9.47. The molecule has 8 aliphatic rings. The Balaban J connectivity index is 1.01. The Hall–Kier alpha value is -2.95. The molecule has 1 aromatic heterocycles. The number of hydrogen-bond donors (Lipinski definition) is 0. The molecule has 0 saturated heterocycles. The number of allylic oxidation sites excluding steroid dienone is 6. The van der Waals surface area contributed by atoms with Crippen LogP contribution < -0.4 is 0 Å². The number of aromatic nitrogens is 1. The third-order valence-electron chi connectivity index (χ3n) is 17.8. The van der Waals surface area contributed by atoms with Crippen molar-refractivity contribution in [1.82, 2.24) is 4.98 Å². The minimum Gasteiger partial charge on any atom is -0.462 e. The Labute approximate surface area is 324 Å². The van der Waals surface area contributed by atoms with E-state index in [4.69, 9.17) is 14.5 Å². The summed E-state index contributed by atoms with van der Waals surface area (Å²) < 4.78 is 11.8. The van der Waals surface area contributed by atoms with Gasteiger partial charge in [0.2, 0.25) is 0 Å². The van der Waals surface area contributed by atoms with Crippen LogP contribution in [0.2, 0.25) is 0 Å². The SMILES string of the molecule is CCC(=O)O[C@@H]1CC[C@]2(C)C(=CC[C@@H]3C4CC=C(C5=C(c6cccnc6)[C@@]6(C)CC[C@H]7[C@@H](CC=C8C[C@@H](OC(=O)CC)CC[C@@]87C)[C@@H]6C5)[C@]4(C)CCC32)C1. The van der Waals surface area contributed by atoms with Crippen LogP contribution in [0.5, 0.6) is 0 Å². The Morgan fingerprint density at radius 3 is 1.78 bits per heavy atom. The number of esters is 2. The van der Waals surface area contributed by atoms with Crippen LogP contribution in [0.15, 0.2) is 65.0 Å². The highest BCUT2D eigenvalue weighted by Crippen LogP contribution is 2.72. The lowest BCUT2D eigenvalue weighted by Gasteiger charge is -2.58. The first-order chi connectivity index (χ1) is 25.9. The molecule has 5 nitrogen and oxygen atoms in total.